The summed E-state index contributed by atoms with van der Waals surface area (Å²) < 4.78 is 5.41. The van der Waals surface area contributed by atoms with E-state index in [2.05, 4.69) is 15.0 Å². The molecule has 17 heavy (non-hydrogen) atoms. The van der Waals surface area contributed by atoms with Gasteiger partial charge < -0.3 is 4.42 Å². The van der Waals surface area contributed by atoms with Crippen molar-refractivity contribution in [1.29, 1.82) is 0 Å². The van der Waals surface area contributed by atoms with Crippen LogP contribution >= 0.6 is 11.6 Å². The summed E-state index contributed by atoms with van der Waals surface area (Å²) in [6.45, 7) is 1.82. The lowest BCUT2D eigenvalue weighted by atomic mass is 10.1. The van der Waals surface area contributed by atoms with E-state index in [1.807, 2.05) is 25.1 Å². The third-order valence-electron chi connectivity index (χ3n) is 2.42. The number of oxazole rings is 1. The standard InChI is InChI=1S/C12H8ClN3O/c1-7-15-10-6-8(2-3-11(10)17-7)9-4-5-14-12(13)16-9/h2-6H,1H3. The van der Waals surface area contributed by atoms with Crippen LogP contribution in [-0.2, 0) is 0 Å². The van der Waals surface area contributed by atoms with Gasteiger partial charge in [0.25, 0.3) is 0 Å². The van der Waals surface area contributed by atoms with E-state index in [1.165, 1.54) is 0 Å². The third-order valence-corrected chi connectivity index (χ3v) is 2.60. The SMILES string of the molecule is Cc1nc2cc(-c3ccnc(Cl)n3)ccc2o1. The number of rotatable bonds is 1. The third kappa shape index (κ3) is 1.87. The number of benzene rings is 1. The smallest absolute Gasteiger partial charge is 0.222 e. The molecule has 0 unspecified atom stereocenters. The van der Waals surface area contributed by atoms with Gasteiger partial charge in [0.15, 0.2) is 11.5 Å². The summed E-state index contributed by atoms with van der Waals surface area (Å²) in [7, 11) is 0. The van der Waals surface area contributed by atoms with E-state index in [1.54, 1.807) is 12.3 Å². The number of hydrogen-bond donors (Lipinski definition) is 0. The molecule has 0 aliphatic heterocycles. The van der Waals surface area contributed by atoms with Crippen molar-refractivity contribution >= 4 is 22.7 Å². The Morgan fingerprint density at radius 2 is 2.06 bits per heavy atom. The van der Waals surface area contributed by atoms with Gasteiger partial charge in [-0.25, -0.2) is 15.0 Å². The number of nitrogens with zero attached hydrogens (tertiary/aromatic N) is 3. The summed E-state index contributed by atoms with van der Waals surface area (Å²) in [4.78, 5) is 12.3. The molecule has 0 fully saturated rings. The molecule has 0 saturated carbocycles. The van der Waals surface area contributed by atoms with Gasteiger partial charge in [-0.2, -0.15) is 0 Å². The van der Waals surface area contributed by atoms with Crippen LogP contribution in [0.5, 0.6) is 0 Å². The maximum absolute atomic E-state index is 5.76. The van der Waals surface area contributed by atoms with Crippen LogP contribution in [-0.4, -0.2) is 15.0 Å². The molecule has 0 amide bonds. The molecule has 0 atom stereocenters. The maximum Gasteiger partial charge on any atom is 0.222 e. The second kappa shape index (κ2) is 3.82. The van der Waals surface area contributed by atoms with Crippen LogP contribution < -0.4 is 0 Å². The first-order valence-electron chi connectivity index (χ1n) is 5.08. The van der Waals surface area contributed by atoms with Gasteiger partial charge in [-0.15, -0.1) is 0 Å². The molecule has 1 aromatic carbocycles. The molecule has 0 N–H and O–H groups in total. The van der Waals surface area contributed by atoms with Crippen molar-refractivity contribution in [2.24, 2.45) is 0 Å². The average Bonchev–Trinajstić information content (AvgIpc) is 2.68. The normalized spacial score (nSPS) is 10.9. The van der Waals surface area contributed by atoms with Crippen molar-refractivity contribution in [2.75, 3.05) is 0 Å². The van der Waals surface area contributed by atoms with Gasteiger partial charge in [0.05, 0.1) is 5.69 Å². The first-order chi connectivity index (χ1) is 8.22. The molecule has 4 nitrogen and oxygen atoms in total. The molecular weight excluding hydrogens is 238 g/mol. The highest BCUT2D eigenvalue weighted by atomic mass is 35.5. The Morgan fingerprint density at radius 1 is 1.18 bits per heavy atom. The van der Waals surface area contributed by atoms with E-state index in [0.717, 1.165) is 22.4 Å². The second-order valence-corrected chi connectivity index (χ2v) is 3.96. The highest BCUT2D eigenvalue weighted by molar-refractivity contribution is 6.28. The summed E-state index contributed by atoms with van der Waals surface area (Å²) in [6, 6.07) is 7.52. The minimum atomic E-state index is 0.235. The highest BCUT2D eigenvalue weighted by Gasteiger charge is 2.06. The summed E-state index contributed by atoms with van der Waals surface area (Å²) in [5.41, 5.74) is 3.30. The number of aryl methyl sites for hydroxylation is 1. The molecule has 0 aliphatic carbocycles. The van der Waals surface area contributed by atoms with Crippen molar-refractivity contribution in [3.8, 4) is 11.3 Å². The van der Waals surface area contributed by atoms with Crippen molar-refractivity contribution in [2.45, 2.75) is 6.92 Å². The number of aromatic nitrogens is 3. The molecule has 84 valence electrons. The molecule has 0 aliphatic rings. The molecule has 2 heterocycles. The van der Waals surface area contributed by atoms with Crippen LogP contribution in [0, 0.1) is 6.92 Å². The minimum absolute atomic E-state index is 0.235. The highest BCUT2D eigenvalue weighted by Crippen LogP contribution is 2.23. The molecule has 0 bridgehead atoms. The lowest BCUT2D eigenvalue weighted by Gasteiger charge is -1.99. The largest absolute Gasteiger partial charge is 0.441 e. The van der Waals surface area contributed by atoms with E-state index >= 15 is 0 Å². The minimum Gasteiger partial charge on any atom is -0.441 e. The Balaban J connectivity index is 2.17. The summed E-state index contributed by atoms with van der Waals surface area (Å²) in [6.07, 6.45) is 1.63. The van der Waals surface area contributed by atoms with E-state index in [-0.39, 0.29) is 5.28 Å². The van der Waals surface area contributed by atoms with Crippen molar-refractivity contribution in [3.63, 3.8) is 0 Å². The van der Waals surface area contributed by atoms with E-state index in [4.69, 9.17) is 16.0 Å². The van der Waals surface area contributed by atoms with Crippen LogP contribution in [0.15, 0.2) is 34.9 Å². The van der Waals surface area contributed by atoms with Crippen molar-refractivity contribution in [3.05, 3.63) is 41.6 Å². The summed E-state index contributed by atoms with van der Waals surface area (Å²) in [5.74, 6) is 0.651. The summed E-state index contributed by atoms with van der Waals surface area (Å²) in [5, 5.41) is 0.235. The van der Waals surface area contributed by atoms with Gasteiger partial charge in [0.2, 0.25) is 5.28 Å². The first kappa shape index (κ1) is 10.2. The zero-order valence-corrected chi connectivity index (χ0v) is 9.77. The molecule has 3 aromatic rings. The monoisotopic (exact) mass is 245 g/mol. The number of halogens is 1. The zero-order valence-electron chi connectivity index (χ0n) is 9.01. The topological polar surface area (TPSA) is 51.8 Å². The fraction of sp³-hybridized carbons (Fsp3) is 0.0833. The predicted octanol–water partition coefficient (Wildman–Crippen LogP) is 3.25. The quantitative estimate of drug-likeness (QED) is 0.618. The van der Waals surface area contributed by atoms with E-state index in [9.17, 15) is 0 Å². The Morgan fingerprint density at radius 3 is 2.88 bits per heavy atom. The van der Waals surface area contributed by atoms with Gasteiger partial charge in [0.1, 0.15) is 5.52 Å². The van der Waals surface area contributed by atoms with Crippen LogP contribution in [0.25, 0.3) is 22.4 Å². The van der Waals surface area contributed by atoms with Crippen LogP contribution in [0.4, 0.5) is 0 Å². The van der Waals surface area contributed by atoms with Gasteiger partial charge in [-0.05, 0) is 35.9 Å². The first-order valence-corrected chi connectivity index (χ1v) is 5.46. The molecular formula is C12H8ClN3O. The molecule has 3 rings (SSSR count). The van der Waals surface area contributed by atoms with Gasteiger partial charge in [-0.3, -0.25) is 0 Å². The fourth-order valence-electron chi connectivity index (χ4n) is 1.70. The van der Waals surface area contributed by atoms with Gasteiger partial charge in [-0.1, -0.05) is 0 Å². The molecule has 0 spiro atoms. The Bertz CT molecular complexity index is 693. The van der Waals surface area contributed by atoms with E-state index in [0.29, 0.717) is 5.89 Å². The van der Waals surface area contributed by atoms with Crippen LogP contribution in [0.3, 0.4) is 0 Å². The predicted molar refractivity (Wildman–Crippen MR) is 64.8 cm³/mol. The molecule has 0 saturated heterocycles. The Hall–Kier alpha value is -1.94. The van der Waals surface area contributed by atoms with Crippen LogP contribution in [0.2, 0.25) is 5.28 Å². The number of hydrogen-bond acceptors (Lipinski definition) is 4. The Kier molecular flexibility index (Phi) is 2.30. The zero-order chi connectivity index (χ0) is 11.8. The van der Waals surface area contributed by atoms with Crippen LogP contribution in [0.1, 0.15) is 5.89 Å². The number of fused-ring (bicyclic) bond motifs is 1. The van der Waals surface area contributed by atoms with Crippen molar-refractivity contribution in [1.82, 2.24) is 15.0 Å². The molecule has 2 aromatic heterocycles. The van der Waals surface area contributed by atoms with Gasteiger partial charge in [0, 0.05) is 18.7 Å². The second-order valence-electron chi connectivity index (χ2n) is 3.63. The van der Waals surface area contributed by atoms with E-state index < -0.39 is 0 Å². The molecule has 5 heteroatoms. The maximum atomic E-state index is 5.76. The lowest BCUT2D eigenvalue weighted by Crippen LogP contribution is -1.86. The van der Waals surface area contributed by atoms with Crippen molar-refractivity contribution < 1.29 is 4.42 Å². The lowest BCUT2D eigenvalue weighted by molar-refractivity contribution is 0.561. The van der Waals surface area contributed by atoms with Gasteiger partial charge >= 0.3 is 0 Å². The fourth-order valence-corrected chi connectivity index (χ4v) is 1.85. The molecule has 0 radical (unpaired) electrons. The average molecular weight is 246 g/mol. The Labute approximate surface area is 102 Å². The summed E-state index contributed by atoms with van der Waals surface area (Å²) >= 11 is 5.76.